The molecule has 3 N–H and O–H groups in total. The molecule has 0 aliphatic carbocycles. The average molecular weight is 397 g/mol. The minimum Gasteiger partial charge on any atom is -0.381 e. The first-order chi connectivity index (χ1) is 14.0. The van der Waals surface area contributed by atoms with Gasteiger partial charge in [0.05, 0.1) is 16.3 Å². The van der Waals surface area contributed by atoms with Gasteiger partial charge >= 0.3 is 0 Å². The summed E-state index contributed by atoms with van der Waals surface area (Å²) in [4.78, 5) is 25.3. The van der Waals surface area contributed by atoms with Crippen LogP contribution in [-0.2, 0) is 4.79 Å². The second-order valence-electron chi connectivity index (χ2n) is 7.27. The minimum atomic E-state index is -0.437. The molecule has 1 aliphatic heterocycles. The normalized spacial score (nSPS) is 14.9. The number of carbonyl (C=O) groups excluding carboxylic acids is 1. The Morgan fingerprint density at radius 3 is 2.38 bits per heavy atom. The van der Waals surface area contributed by atoms with Gasteiger partial charge in [0.1, 0.15) is 5.69 Å². The molecule has 0 aromatic heterocycles. The van der Waals surface area contributed by atoms with Crippen LogP contribution in [0.4, 0.5) is 22.7 Å². The molecule has 1 saturated heterocycles. The van der Waals surface area contributed by atoms with Gasteiger partial charge in [-0.2, -0.15) is 0 Å². The van der Waals surface area contributed by atoms with Crippen LogP contribution in [0.25, 0.3) is 0 Å². The van der Waals surface area contributed by atoms with Gasteiger partial charge < -0.3 is 20.9 Å². The molecule has 1 heterocycles. The van der Waals surface area contributed by atoms with Gasteiger partial charge in [-0.3, -0.25) is 14.9 Å². The number of piperidine rings is 1. The van der Waals surface area contributed by atoms with Crippen LogP contribution in [0.15, 0.2) is 48.5 Å². The molecule has 1 amide bonds. The Hall–Kier alpha value is -3.13. The monoisotopic (exact) mass is 397 g/mol. The third-order valence-electron chi connectivity index (χ3n) is 5.05. The van der Waals surface area contributed by atoms with Crippen LogP contribution in [0.2, 0.25) is 0 Å². The van der Waals surface area contributed by atoms with Gasteiger partial charge in [-0.1, -0.05) is 24.3 Å². The topological polar surface area (TPSA) is 99.5 Å². The largest absolute Gasteiger partial charge is 0.381 e. The number of nitrogens with one attached hydrogen (secondary N) is 3. The maximum absolute atomic E-state index is 12.4. The summed E-state index contributed by atoms with van der Waals surface area (Å²) < 4.78 is 0. The zero-order valence-corrected chi connectivity index (χ0v) is 16.6. The van der Waals surface area contributed by atoms with E-state index in [0.29, 0.717) is 18.3 Å². The maximum atomic E-state index is 12.4. The predicted octanol–water partition coefficient (Wildman–Crippen LogP) is 3.54. The predicted molar refractivity (Wildman–Crippen MR) is 115 cm³/mol. The number of nitro benzene ring substituents is 1. The summed E-state index contributed by atoms with van der Waals surface area (Å²) >= 11 is 0. The van der Waals surface area contributed by atoms with Crippen molar-refractivity contribution in [1.29, 1.82) is 0 Å². The highest BCUT2D eigenvalue weighted by Crippen LogP contribution is 2.25. The molecule has 0 bridgehead atoms. The Bertz CT molecular complexity index is 850. The Morgan fingerprint density at radius 1 is 1.07 bits per heavy atom. The molecule has 0 saturated carbocycles. The standard InChI is InChI=1S/C21H27N5O3/c1-25-14-11-16(12-15-25)23-17-6-2-3-7-18(17)24-21(27)10-13-22-19-8-4-5-9-20(19)26(28)29/h2-9,16,22-23H,10-15H2,1H3,(H,24,27). The average Bonchev–Trinajstić information content (AvgIpc) is 2.71. The second-order valence-corrected chi connectivity index (χ2v) is 7.27. The Labute approximate surface area is 170 Å². The lowest BCUT2D eigenvalue weighted by molar-refractivity contribution is -0.384. The van der Waals surface area contributed by atoms with Gasteiger partial charge in [0.2, 0.25) is 5.91 Å². The number of para-hydroxylation sites is 4. The van der Waals surface area contributed by atoms with Crippen molar-refractivity contribution in [2.45, 2.75) is 25.3 Å². The molecule has 29 heavy (non-hydrogen) atoms. The fraction of sp³-hybridized carbons (Fsp3) is 0.381. The number of amides is 1. The molecular formula is C21H27N5O3. The number of likely N-dealkylation sites (tertiary alicyclic amines) is 1. The van der Waals surface area contributed by atoms with E-state index in [-0.39, 0.29) is 18.0 Å². The van der Waals surface area contributed by atoms with Gasteiger partial charge in [-0.15, -0.1) is 0 Å². The van der Waals surface area contributed by atoms with Crippen LogP contribution in [0.3, 0.4) is 0 Å². The number of hydrogen-bond acceptors (Lipinski definition) is 6. The van der Waals surface area contributed by atoms with Crippen molar-refractivity contribution in [1.82, 2.24) is 4.90 Å². The number of anilines is 3. The first kappa shape index (κ1) is 20.6. The zero-order valence-electron chi connectivity index (χ0n) is 16.6. The van der Waals surface area contributed by atoms with Crippen molar-refractivity contribution in [3.8, 4) is 0 Å². The van der Waals surface area contributed by atoms with E-state index < -0.39 is 4.92 Å². The first-order valence-electron chi connectivity index (χ1n) is 9.84. The molecule has 0 radical (unpaired) electrons. The van der Waals surface area contributed by atoms with Crippen molar-refractivity contribution < 1.29 is 9.72 Å². The summed E-state index contributed by atoms with van der Waals surface area (Å²) in [6, 6.07) is 14.5. The summed E-state index contributed by atoms with van der Waals surface area (Å²) in [5.41, 5.74) is 2.08. The number of hydrogen-bond donors (Lipinski definition) is 3. The molecule has 2 aromatic carbocycles. The summed E-state index contributed by atoms with van der Waals surface area (Å²) in [5.74, 6) is -0.145. The summed E-state index contributed by atoms with van der Waals surface area (Å²) in [5, 5.41) is 20.5. The van der Waals surface area contributed by atoms with E-state index in [4.69, 9.17) is 0 Å². The maximum Gasteiger partial charge on any atom is 0.292 e. The number of carbonyl (C=O) groups is 1. The van der Waals surface area contributed by atoms with E-state index in [1.54, 1.807) is 18.2 Å². The molecule has 0 atom stereocenters. The molecule has 1 aliphatic rings. The van der Waals surface area contributed by atoms with Crippen LogP contribution in [0.5, 0.6) is 0 Å². The Balaban J connectivity index is 1.53. The second kappa shape index (κ2) is 9.88. The van der Waals surface area contributed by atoms with Crippen molar-refractivity contribution in [3.05, 3.63) is 58.6 Å². The summed E-state index contributed by atoms with van der Waals surface area (Å²) in [6.07, 6.45) is 2.34. The summed E-state index contributed by atoms with van der Waals surface area (Å²) in [6.45, 7) is 2.42. The van der Waals surface area contributed by atoms with E-state index in [0.717, 1.165) is 37.3 Å². The van der Waals surface area contributed by atoms with E-state index in [1.807, 2.05) is 24.3 Å². The van der Waals surface area contributed by atoms with Crippen LogP contribution in [0.1, 0.15) is 19.3 Å². The number of benzene rings is 2. The molecular weight excluding hydrogens is 370 g/mol. The van der Waals surface area contributed by atoms with Crippen molar-refractivity contribution in [2.75, 3.05) is 42.6 Å². The van der Waals surface area contributed by atoms with Gasteiger partial charge in [-0.25, -0.2) is 0 Å². The third kappa shape index (κ3) is 5.92. The lowest BCUT2D eigenvalue weighted by Crippen LogP contribution is -2.36. The number of rotatable bonds is 8. The lowest BCUT2D eigenvalue weighted by Gasteiger charge is -2.30. The lowest BCUT2D eigenvalue weighted by atomic mass is 10.0. The molecule has 2 aromatic rings. The van der Waals surface area contributed by atoms with Crippen molar-refractivity contribution in [3.63, 3.8) is 0 Å². The molecule has 3 rings (SSSR count). The number of nitrogens with zero attached hydrogens (tertiary/aromatic N) is 2. The van der Waals surface area contributed by atoms with Crippen molar-refractivity contribution in [2.24, 2.45) is 0 Å². The fourth-order valence-electron chi connectivity index (χ4n) is 3.40. The van der Waals surface area contributed by atoms with Gasteiger partial charge in [0.25, 0.3) is 5.69 Å². The van der Waals surface area contributed by atoms with Crippen LogP contribution in [-0.4, -0.2) is 48.5 Å². The molecule has 0 spiro atoms. The molecule has 0 unspecified atom stereocenters. The van der Waals surface area contributed by atoms with E-state index in [9.17, 15) is 14.9 Å². The van der Waals surface area contributed by atoms with Crippen LogP contribution >= 0.6 is 0 Å². The fourth-order valence-corrected chi connectivity index (χ4v) is 3.40. The number of nitro groups is 1. The Kier molecular flexibility index (Phi) is 7.02. The van der Waals surface area contributed by atoms with Gasteiger partial charge in [0, 0.05) is 25.1 Å². The highest BCUT2D eigenvalue weighted by Gasteiger charge is 2.18. The van der Waals surface area contributed by atoms with Gasteiger partial charge in [0.15, 0.2) is 0 Å². The Morgan fingerprint density at radius 2 is 1.69 bits per heavy atom. The van der Waals surface area contributed by atoms with Crippen LogP contribution in [0, 0.1) is 10.1 Å². The highest BCUT2D eigenvalue weighted by molar-refractivity contribution is 5.94. The molecule has 8 heteroatoms. The third-order valence-corrected chi connectivity index (χ3v) is 5.05. The first-order valence-corrected chi connectivity index (χ1v) is 9.84. The SMILES string of the molecule is CN1CCC(Nc2ccccc2NC(=O)CCNc2ccccc2[N+](=O)[O-])CC1. The van der Waals surface area contributed by atoms with Crippen LogP contribution < -0.4 is 16.0 Å². The molecule has 154 valence electrons. The quantitative estimate of drug-likeness (QED) is 0.465. The highest BCUT2D eigenvalue weighted by atomic mass is 16.6. The minimum absolute atomic E-state index is 0.000538. The molecule has 8 nitrogen and oxygen atoms in total. The summed E-state index contributed by atoms with van der Waals surface area (Å²) in [7, 11) is 2.13. The van der Waals surface area contributed by atoms with E-state index in [2.05, 4.69) is 27.9 Å². The van der Waals surface area contributed by atoms with Gasteiger partial charge in [-0.05, 0) is 51.2 Å². The van der Waals surface area contributed by atoms with E-state index in [1.165, 1.54) is 6.07 Å². The van der Waals surface area contributed by atoms with E-state index >= 15 is 0 Å². The zero-order chi connectivity index (χ0) is 20.6. The van der Waals surface area contributed by atoms with Crippen molar-refractivity contribution >= 4 is 28.7 Å². The smallest absolute Gasteiger partial charge is 0.292 e. The molecule has 1 fully saturated rings.